The normalized spacial score (nSPS) is 12.4. The van der Waals surface area contributed by atoms with Crippen LogP contribution < -0.4 is 11.5 Å². The average Bonchev–Trinajstić information content (AvgIpc) is 2.39. The van der Waals surface area contributed by atoms with E-state index in [9.17, 15) is 5.11 Å². The first-order valence-electron chi connectivity index (χ1n) is 5.57. The van der Waals surface area contributed by atoms with Crippen molar-refractivity contribution in [3.63, 3.8) is 0 Å². The molecule has 0 unspecified atom stereocenters. The SMILES string of the molecule is NC[C@H](N)c1cccc(-c2ccccc2)c1O. The highest BCUT2D eigenvalue weighted by Gasteiger charge is 2.13. The van der Waals surface area contributed by atoms with E-state index >= 15 is 0 Å². The molecule has 0 aliphatic carbocycles. The average molecular weight is 228 g/mol. The van der Waals surface area contributed by atoms with Crippen LogP contribution in [0, 0.1) is 0 Å². The Morgan fingerprint density at radius 1 is 1.00 bits per heavy atom. The summed E-state index contributed by atoms with van der Waals surface area (Å²) in [5.41, 5.74) is 13.8. The van der Waals surface area contributed by atoms with Crippen molar-refractivity contribution in [3.8, 4) is 16.9 Å². The second kappa shape index (κ2) is 4.99. The number of hydrogen-bond donors (Lipinski definition) is 3. The van der Waals surface area contributed by atoms with E-state index in [1.807, 2.05) is 42.5 Å². The monoisotopic (exact) mass is 228 g/mol. The minimum absolute atomic E-state index is 0.219. The number of aromatic hydroxyl groups is 1. The van der Waals surface area contributed by atoms with Gasteiger partial charge in [-0.2, -0.15) is 0 Å². The van der Waals surface area contributed by atoms with Crippen LogP contribution >= 0.6 is 0 Å². The Morgan fingerprint density at radius 3 is 2.35 bits per heavy atom. The van der Waals surface area contributed by atoms with Gasteiger partial charge >= 0.3 is 0 Å². The lowest BCUT2D eigenvalue weighted by Crippen LogP contribution is -2.20. The van der Waals surface area contributed by atoms with Gasteiger partial charge in [-0.1, -0.05) is 48.5 Å². The zero-order valence-electron chi connectivity index (χ0n) is 9.51. The van der Waals surface area contributed by atoms with Gasteiger partial charge in [-0.25, -0.2) is 0 Å². The first-order valence-corrected chi connectivity index (χ1v) is 5.57. The Hall–Kier alpha value is -1.84. The fourth-order valence-electron chi connectivity index (χ4n) is 1.84. The number of para-hydroxylation sites is 1. The van der Waals surface area contributed by atoms with Crippen LogP contribution in [0.15, 0.2) is 48.5 Å². The number of hydrogen-bond acceptors (Lipinski definition) is 3. The molecule has 1 atom stereocenters. The topological polar surface area (TPSA) is 72.3 Å². The predicted molar refractivity (Wildman–Crippen MR) is 69.5 cm³/mol. The molecule has 0 saturated heterocycles. The quantitative estimate of drug-likeness (QED) is 0.752. The molecule has 0 spiro atoms. The summed E-state index contributed by atoms with van der Waals surface area (Å²) >= 11 is 0. The Balaban J connectivity index is 2.50. The molecule has 5 N–H and O–H groups in total. The Bertz CT molecular complexity index is 497. The summed E-state index contributed by atoms with van der Waals surface area (Å²) in [6, 6.07) is 14.9. The minimum Gasteiger partial charge on any atom is -0.507 e. The largest absolute Gasteiger partial charge is 0.507 e. The molecule has 17 heavy (non-hydrogen) atoms. The van der Waals surface area contributed by atoms with Crippen molar-refractivity contribution in [1.29, 1.82) is 0 Å². The Morgan fingerprint density at radius 2 is 1.71 bits per heavy atom. The summed E-state index contributed by atoms with van der Waals surface area (Å²) in [5, 5.41) is 10.2. The first-order chi connectivity index (χ1) is 8.24. The summed E-state index contributed by atoms with van der Waals surface area (Å²) in [4.78, 5) is 0. The molecular formula is C14H16N2O. The molecule has 2 rings (SSSR count). The molecule has 88 valence electrons. The highest BCUT2D eigenvalue weighted by molar-refractivity contribution is 5.71. The summed E-state index contributed by atoms with van der Waals surface area (Å²) in [5.74, 6) is 0.219. The van der Waals surface area contributed by atoms with Crippen LogP contribution in [0.25, 0.3) is 11.1 Å². The van der Waals surface area contributed by atoms with Gasteiger partial charge in [0.2, 0.25) is 0 Å². The molecule has 2 aromatic carbocycles. The van der Waals surface area contributed by atoms with Gasteiger partial charge in [0.05, 0.1) is 0 Å². The maximum atomic E-state index is 10.2. The van der Waals surface area contributed by atoms with Gasteiger partial charge < -0.3 is 16.6 Å². The maximum Gasteiger partial charge on any atom is 0.128 e. The molecule has 0 saturated carbocycles. The molecule has 3 heteroatoms. The molecule has 0 aliphatic rings. The highest BCUT2D eigenvalue weighted by atomic mass is 16.3. The minimum atomic E-state index is -0.335. The smallest absolute Gasteiger partial charge is 0.128 e. The van der Waals surface area contributed by atoms with Crippen LogP contribution in [0.1, 0.15) is 11.6 Å². The van der Waals surface area contributed by atoms with Crippen LogP contribution in [0.3, 0.4) is 0 Å². The molecule has 0 fully saturated rings. The van der Waals surface area contributed by atoms with Gasteiger partial charge in [0.15, 0.2) is 0 Å². The molecule has 0 aliphatic heterocycles. The second-order valence-corrected chi connectivity index (χ2v) is 3.95. The van der Waals surface area contributed by atoms with E-state index < -0.39 is 0 Å². The van der Waals surface area contributed by atoms with E-state index in [4.69, 9.17) is 11.5 Å². The van der Waals surface area contributed by atoms with Crippen molar-refractivity contribution in [2.75, 3.05) is 6.54 Å². The van der Waals surface area contributed by atoms with Crippen molar-refractivity contribution in [3.05, 3.63) is 54.1 Å². The van der Waals surface area contributed by atoms with Crippen LogP contribution in [0.4, 0.5) is 0 Å². The summed E-state index contributed by atoms with van der Waals surface area (Å²) in [7, 11) is 0. The zero-order chi connectivity index (χ0) is 12.3. The molecule has 0 bridgehead atoms. The highest BCUT2D eigenvalue weighted by Crippen LogP contribution is 2.34. The third kappa shape index (κ3) is 2.30. The van der Waals surface area contributed by atoms with Gasteiger partial charge in [-0.05, 0) is 5.56 Å². The Labute approximate surface area is 101 Å². The fraction of sp³-hybridized carbons (Fsp3) is 0.143. The summed E-state index contributed by atoms with van der Waals surface area (Å²) < 4.78 is 0. The summed E-state index contributed by atoms with van der Waals surface area (Å²) in [6.45, 7) is 0.311. The lowest BCUT2D eigenvalue weighted by Gasteiger charge is -2.14. The fourth-order valence-corrected chi connectivity index (χ4v) is 1.84. The molecule has 3 nitrogen and oxygen atoms in total. The first kappa shape index (κ1) is 11.6. The van der Waals surface area contributed by atoms with Crippen molar-refractivity contribution < 1.29 is 5.11 Å². The predicted octanol–water partition coefficient (Wildman–Crippen LogP) is 2.02. The Kier molecular flexibility index (Phi) is 3.42. The number of rotatable bonds is 3. The van der Waals surface area contributed by atoms with E-state index in [0.717, 1.165) is 11.1 Å². The molecular weight excluding hydrogens is 212 g/mol. The maximum absolute atomic E-state index is 10.2. The van der Waals surface area contributed by atoms with Crippen molar-refractivity contribution >= 4 is 0 Å². The van der Waals surface area contributed by atoms with E-state index in [1.54, 1.807) is 6.07 Å². The van der Waals surface area contributed by atoms with Crippen LogP contribution in [-0.2, 0) is 0 Å². The molecule has 0 amide bonds. The lowest BCUT2D eigenvalue weighted by molar-refractivity contribution is 0.464. The lowest BCUT2D eigenvalue weighted by atomic mass is 9.98. The van der Waals surface area contributed by atoms with E-state index in [0.29, 0.717) is 12.1 Å². The van der Waals surface area contributed by atoms with Crippen molar-refractivity contribution in [1.82, 2.24) is 0 Å². The van der Waals surface area contributed by atoms with Gasteiger partial charge in [0.1, 0.15) is 5.75 Å². The number of phenols is 1. The number of phenolic OH excluding ortho intramolecular Hbond substituents is 1. The zero-order valence-corrected chi connectivity index (χ0v) is 9.51. The van der Waals surface area contributed by atoms with Gasteiger partial charge in [-0.3, -0.25) is 0 Å². The number of nitrogens with two attached hydrogens (primary N) is 2. The van der Waals surface area contributed by atoms with E-state index in [2.05, 4.69) is 0 Å². The van der Waals surface area contributed by atoms with Gasteiger partial charge in [0.25, 0.3) is 0 Å². The van der Waals surface area contributed by atoms with Crippen molar-refractivity contribution in [2.24, 2.45) is 11.5 Å². The van der Waals surface area contributed by atoms with Crippen LogP contribution in [-0.4, -0.2) is 11.7 Å². The van der Waals surface area contributed by atoms with Crippen molar-refractivity contribution in [2.45, 2.75) is 6.04 Å². The van der Waals surface area contributed by atoms with Crippen LogP contribution in [0.2, 0.25) is 0 Å². The second-order valence-electron chi connectivity index (χ2n) is 3.95. The molecule has 2 aromatic rings. The third-order valence-corrected chi connectivity index (χ3v) is 2.81. The third-order valence-electron chi connectivity index (χ3n) is 2.81. The molecule has 0 radical (unpaired) electrons. The van der Waals surface area contributed by atoms with Gasteiger partial charge in [0, 0.05) is 23.7 Å². The van der Waals surface area contributed by atoms with E-state index in [1.165, 1.54) is 0 Å². The molecule has 0 aromatic heterocycles. The summed E-state index contributed by atoms with van der Waals surface area (Å²) in [6.07, 6.45) is 0. The van der Waals surface area contributed by atoms with E-state index in [-0.39, 0.29) is 11.8 Å². The molecule has 0 heterocycles. The standard InChI is InChI=1S/C14H16N2O/c15-9-13(16)12-8-4-7-11(14(12)17)10-5-2-1-3-6-10/h1-8,13,17H,9,15-16H2/t13-/m0/s1. The van der Waals surface area contributed by atoms with Gasteiger partial charge in [-0.15, -0.1) is 0 Å². The van der Waals surface area contributed by atoms with Crippen LogP contribution in [0.5, 0.6) is 5.75 Å². The number of benzene rings is 2.